The van der Waals surface area contributed by atoms with Crippen molar-refractivity contribution in [2.45, 2.75) is 13.0 Å². The number of benzene rings is 1. The van der Waals surface area contributed by atoms with E-state index in [9.17, 15) is 4.79 Å². The predicted octanol–water partition coefficient (Wildman–Crippen LogP) is 3.07. The van der Waals surface area contributed by atoms with Crippen molar-refractivity contribution < 1.29 is 14.3 Å². The molecular weight excluding hydrogens is 372 g/mol. The Balaban J connectivity index is 1.57. The second kappa shape index (κ2) is 7.77. The van der Waals surface area contributed by atoms with E-state index in [1.54, 1.807) is 17.0 Å². The van der Waals surface area contributed by atoms with Crippen LogP contribution in [0.3, 0.4) is 0 Å². The smallest absolute Gasteiger partial charge is 0.272 e. The molecule has 1 aliphatic heterocycles. The minimum atomic E-state index is -0.142. The van der Waals surface area contributed by atoms with Gasteiger partial charge in [0.05, 0.1) is 13.2 Å². The summed E-state index contributed by atoms with van der Waals surface area (Å²) in [5.74, 6) is 0.723. The van der Waals surface area contributed by atoms with Crippen LogP contribution in [-0.4, -0.2) is 48.2 Å². The fourth-order valence-corrected chi connectivity index (χ4v) is 2.86. The van der Waals surface area contributed by atoms with Crippen LogP contribution < -0.4 is 4.74 Å². The van der Waals surface area contributed by atoms with Crippen LogP contribution in [0.15, 0.2) is 47.1 Å². The third-order valence-corrected chi connectivity index (χ3v) is 4.26. The van der Waals surface area contributed by atoms with Gasteiger partial charge in [0.1, 0.15) is 28.8 Å². The van der Waals surface area contributed by atoms with E-state index in [4.69, 9.17) is 9.47 Å². The Kier molecular flexibility index (Phi) is 5.48. The summed E-state index contributed by atoms with van der Waals surface area (Å²) in [6.07, 6.45) is -0.142. The van der Waals surface area contributed by atoms with E-state index in [1.807, 2.05) is 37.3 Å². The molecule has 0 N–H and O–H groups in total. The first-order valence-electron chi connectivity index (χ1n) is 7.85. The van der Waals surface area contributed by atoms with Crippen molar-refractivity contribution in [1.29, 1.82) is 0 Å². The van der Waals surface area contributed by atoms with Crippen LogP contribution in [0, 0.1) is 6.92 Å². The summed E-state index contributed by atoms with van der Waals surface area (Å²) in [5, 5.41) is 0. The van der Waals surface area contributed by atoms with E-state index in [0.29, 0.717) is 36.6 Å². The maximum Gasteiger partial charge on any atom is 0.272 e. The first-order valence-corrected chi connectivity index (χ1v) is 8.64. The average Bonchev–Trinajstić information content (AvgIpc) is 2.61. The Hall–Kier alpha value is -1.92. The highest BCUT2D eigenvalue weighted by molar-refractivity contribution is 9.10. The molecule has 1 aromatic heterocycles. The van der Waals surface area contributed by atoms with E-state index in [-0.39, 0.29) is 12.0 Å². The second-order valence-electron chi connectivity index (χ2n) is 5.71. The predicted molar refractivity (Wildman–Crippen MR) is 94.3 cm³/mol. The van der Waals surface area contributed by atoms with Gasteiger partial charge >= 0.3 is 0 Å². The van der Waals surface area contributed by atoms with Gasteiger partial charge in [-0.05, 0) is 47.1 Å². The number of ether oxygens (including phenoxy) is 2. The number of aryl methyl sites for hydroxylation is 1. The average molecular weight is 391 g/mol. The highest BCUT2D eigenvalue weighted by Crippen LogP contribution is 2.15. The number of halogens is 1. The minimum absolute atomic E-state index is 0.0834. The first-order chi connectivity index (χ1) is 11.6. The Morgan fingerprint density at radius 1 is 1.33 bits per heavy atom. The van der Waals surface area contributed by atoms with E-state index < -0.39 is 0 Å². The highest BCUT2D eigenvalue weighted by atomic mass is 79.9. The van der Waals surface area contributed by atoms with Crippen molar-refractivity contribution in [3.05, 3.63) is 58.3 Å². The molecule has 24 heavy (non-hydrogen) atoms. The fourth-order valence-electron chi connectivity index (χ4n) is 2.52. The van der Waals surface area contributed by atoms with E-state index >= 15 is 0 Å². The zero-order valence-corrected chi connectivity index (χ0v) is 15.0. The van der Waals surface area contributed by atoms with Gasteiger partial charge in [-0.1, -0.05) is 23.8 Å². The topological polar surface area (TPSA) is 51.7 Å². The Bertz CT molecular complexity index is 706. The van der Waals surface area contributed by atoms with E-state index in [0.717, 1.165) is 5.75 Å². The van der Waals surface area contributed by atoms with Gasteiger partial charge in [0.25, 0.3) is 5.91 Å². The van der Waals surface area contributed by atoms with Crippen molar-refractivity contribution in [3.8, 4) is 5.75 Å². The number of rotatable bonds is 4. The molecule has 0 bridgehead atoms. The second-order valence-corrected chi connectivity index (χ2v) is 6.53. The minimum Gasteiger partial charge on any atom is -0.491 e. The lowest BCUT2D eigenvalue weighted by atomic mass is 10.2. The number of morpholine rings is 1. The molecule has 0 spiro atoms. The molecule has 0 unspecified atom stereocenters. The Morgan fingerprint density at radius 2 is 2.12 bits per heavy atom. The quantitative estimate of drug-likeness (QED) is 0.752. The number of carbonyl (C=O) groups is 1. The van der Waals surface area contributed by atoms with Gasteiger partial charge in [-0.2, -0.15) is 0 Å². The molecule has 1 atom stereocenters. The van der Waals surface area contributed by atoms with Crippen LogP contribution in [0.25, 0.3) is 0 Å². The lowest BCUT2D eigenvalue weighted by Crippen LogP contribution is -2.47. The van der Waals surface area contributed by atoms with Crippen LogP contribution in [0.1, 0.15) is 16.1 Å². The lowest BCUT2D eigenvalue weighted by molar-refractivity contribution is -0.0402. The zero-order valence-electron chi connectivity index (χ0n) is 13.4. The largest absolute Gasteiger partial charge is 0.491 e. The number of carbonyl (C=O) groups excluding carboxylic acids is 1. The molecule has 0 radical (unpaired) electrons. The first kappa shape index (κ1) is 16.9. The molecule has 2 aromatic rings. The third-order valence-electron chi connectivity index (χ3n) is 3.82. The van der Waals surface area contributed by atoms with Crippen molar-refractivity contribution in [1.82, 2.24) is 9.88 Å². The molecule has 1 aromatic carbocycles. The molecule has 5 nitrogen and oxygen atoms in total. The normalized spacial score (nSPS) is 17.6. The molecule has 2 heterocycles. The summed E-state index contributed by atoms with van der Waals surface area (Å²) in [4.78, 5) is 18.5. The summed E-state index contributed by atoms with van der Waals surface area (Å²) >= 11 is 3.30. The zero-order chi connectivity index (χ0) is 16.9. The van der Waals surface area contributed by atoms with Crippen LogP contribution in [-0.2, 0) is 4.74 Å². The lowest BCUT2D eigenvalue weighted by Gasteiger charge is -2.32. The van der Waals surface area contributed by atoms with E-state index in [1.165, 1.54) is 5.56 Å². The Morgan fingerprint density at radius 3 is 2.88 bits per heavy atom. The van der Waals surface area contributed by atoms with Gasteiger partial charge in [0.2, 0.25) is 0 Å². The standard InChI is InChI=1S/C18H19BrN2O3/c1-13-5-7-14(8-6-13)24-12-15-11-21(9-10-23-15)18(22)16-3-2-4-17(19)20-16/h2-8,15H,9-12H2,1H3/t15-/m1/s1. The van der Waals surface area contributed by atoms with Gasteiger partial charge in [-0.25, -0.2) is 4.98 Å². The SMILES string of the molecule is Cc1ccc(OC[C@H]2CN(C(=O)c3cccc(Br)n3)CCO2)cc1. The maximum atomic E-state index is 12.6. The molecule has 6 heteroatoms. The van der Waals surface area contributed by atoms with Gasteiger partial charge in [-0.15, -0.1) is 0 Å². The summed E-state index contributed by atoms with van der Waals surface area (Å²) in [7, 11) is 0. The van der Waals surface area contributed by atoms with Crippen molar-refractivity contribution in [3.63, 3.8) is 0 Å². The summed E-state index contributed by atoms with van der Waals surface area (Å²) < 4.78 is 12.1. The molecule has 0 aliphatic carbocycles. The Labute approximate surface area is 149 Å². The van der Waals surface area contributed by atoms with Gasteiger partial charge in [0.15, 0.2) is 0 Å². The number of hydrogen-bond donors (Lipinski definition) is 0. The summed E-state index contributed by atoms with van der Waals surface area (Å²) in [5.41, 5.74) is 1.62. The molecule has 0 saturated carbocycles. The summed E-state index contributed by atoms with van der Waals surface area (Å²) in [6.45, 7) is 4.01. The molecule has 1 amide bonds. The molecular formula is C18H19BrN2O3. The number of amides is 1. The number of hydrogen-bond acceptors (Lipinski definition) is 4. The highest BCUT2D eigenvalue weighted by Gasteiger charge is 2.26. The third kappa shape index (κ3) is 4.33. The van der Waals surface area contributed by atoms with Crippen LogP contribution in [0.4, 0.5) is 0 Å². The molecule has 1 fully saturated rings. The summed E-state index contributed by atoms with van der Waals surface area (Å²) in [6, 6.07) is 13.2. The molecule has 1 saturated heterocycles. The van der Waals surface area contributed by atoms with Gasteiger partial charge in [0, 0.05) is 6.54 Å². The van der Waals surface area contributed by atoms with E-state index in [2.05, 4.69) is 20.9 Å². The van der Waals surface area contributed by atoms with Crippen LogP contribution in [0.2, 0.25) is 0 Å². The monoisotopic (exact) mass is 390 g/mol. The van der Waals surface area contributed by atoms with Gasteiger partial charge in [-0.3, -0.25) is 4.79 Å². The molecule has 126 valence electrons. The number of pyridine rings is 1. The van der Waals surface area contributed by atoms with Crippen LogP contribution >= 0.6 is 15.9 Å². The number of aromatic nitrogens is 1. The van der Waals surface area contributed by atoms with Crippen LogP contribution in [0.5, 0.6) is 5.75 Å². The van der Waals surface area contributed by atoms with Crippen molar-refractivity contribution >= 4 is 21.8 Å². The number of nitrogens with zero attached hydrogens (tertiary/aromatic N) is 2. The molecule has 1 aliphatic rings. The molecule has 3 rings (SSSR count). The fraction of sp³-hybridized carbons (Fsp3) is 0.333. The van der Waals surface area contributed by atoms with Gasteiger partial charge < -0.3 is 14.4 Å². The van der Waals surface area contributed by atoms with Crippen molar-refractivity contribution in [2.75, 3.05) is 26.3 Å². The maximum absolute atomic E-state index is 12.6. The van der Waals surface area contributed by atoms with Crippen molar-refractivity contribution in [2.24, 2.45) is 0 Å².